The highest BCUT2D eigenvalue weighted by Crippen LogP contribution is 2.34. The van der Waals surface area contributed by atoms with Gasteiger partial charge >= 0.3 is 0 Å². The molecule has 1 heterocycles. The summed E-state index contributed by atoms with van der Waals surface area (Å²) in [6, 6.07) is 14.0. The Labute approximate surface area is 148 Å². The summed E-state index contributed by atoms with van der Waals surface area (Å²) in [4.78, 5) is 14.2. The fraction of sp³-hybridized carbons (Fsp3) is 0.350. The molecule has 1 N–H and O–H groups in total. The molecule has 0 saturated carbocycles. The molecule has 0 aliphatic carbocycles. The third-order valence-electron chi connectivity index (χ3n) is 4.17. The highest BCUT2D eigenvalue weighted by Gasteiger charge is 2.14. The first-order chi connectivity index (χ1) is 12.0. The van der Waals surface area contributed by atoms with E-state index in [1.54, 1.807) is 12.1 Å². The molecule has 0 radical (unpaired) electrons. The minimum Gasteiger partial charge on any atom is -0.454 e. The van der Waals surface area contributed by atoms with Crippen LogP contribution in [0.2, 0.25) is 0 Å². The Hall–Kier alpha value is -2.53. The molecule has 0 fully saturated rings. The highest BCUT2D eigenvalue weighted by atomic mass is 16.7. The van der Waals surface area contributed by atoms with Crippen LogP contribution in [0, 0.1) is 0 Å². The topological polar surface area (TPSA) is 50.8 Å². The third kappa shape index (κ3) is 4.51. The number of likely N-dealkylation sites (N-methyl/N-ethyl adjacent to an activating group) is 1. The Kier molecular flexibility index (Phi) is 5.24. The molecule has 1 amide bonds. The summed E-state index contributed by atoms with van der Waals surface area (Å²) in [5.41, 5.74) is 3.23. The van der Waals surface area contributed by atoms with Gasteiger partial charge in [0.2, 0.25) is 12.7 Å². The Bertz CT molecular complexity index is 741. The summed E-state index contributed by atoms with van der Waals surface area (Å²) < 4.78 is 10.6. The molecule has 132 valence electrons. The molecule has 0 unspecified atom stereocenters. The molecule has 25 heavy (non-hydrogen) atoms. The van der Waals surface area contributed by atoms with Gasteiger partial charge in [0, 0.05) is 18.3 Å². The zero-order chi connectivity index (χ0) is 17.8. The molecule has 5 nitrogen and oxygen atoms in total. The van der Waals surface area contributed by atoms with Crippen LogP contribution < -0.4 is 14.8 Å². The number of benzene rings is 2. The van der Waals surface area contributed by atoms with Gasteiger partial charge in [-0.15, -0.1) is 0 Å². The van der Waals surface area contributed by atoms with Crippen molar-refractivity contribution in [1.82, 2.24) is 4.90 Å². The predicted molar refractivity (Wildman–Crippen MR) is 98.1 cm³/mol. The lowest BCUT2D eigenvalue weighted by atomic mass is 10.0. The number of rotatable bonds is 6. The number of ether oxygens (including phenoxy) is 2. The van der Waals surface area contributed by atoms with E-state index in [0.29, 0.717) is 29.6 Å². The fourth-order valence-corrected chi connectivity index (χ4v) is 2.80. The van der Waals surface area contributed by atoms with Crippen LogP contribution in [0.25, 0.3) is 0 Å². The van der Waals surface area contributed by atoms with Crippen LogP contribution >= 0.6 is 0 Å². The van der Waals surface area contributed by atoms with E-state index in [1.807, 2.05) is 18.0 Å². The normalized spacial score (nSPS) is 12.7. The molecular weight excluding hydrogens is 316 g/mol. The van der Waals surface area contributed by atoms with Crippen molar-refractivity contribution >= 4 is 11.6 Å². The number of carbonyl (C=O) groups excluding carboxylic acids is 1. The van der Waals surface area contributed by atoms with Crippen molar-refractivity contribution in [3.05, 3.63) is 53.6 Å². The second kappa shape index (κ2) is 7.57. The summed E-state index contributed by atoms with van der Waals surface area (Å²) in [5, 5.41) is 2.90. The molecule has 0 spiro atoms. The summed E-state index contributed by atoms with van der Waals surface area (Å²) in [5.74, 6) is 1.84. The Balaban J connectivity index is 1.52. The van der Waals surface area contributed by atoms with Crippen molar-refractivity contribution in [1.29, 1.82) is 0 Å². The lowest BCUT2D eigenvalue weighted by molar-refractivity contribution is -0.117. The van der Waals surface area contributed by atoms with Crippen LogP contribution in [0.1, 0.15) is 30.9 Å². The SMILES string of the molecule is CC(C)c1ccc(CN(C)CC(=O)Nc2ccc3c(c2)OCO3)cc1. The first kappa shape index (κ1) is 17.3. The van der Waals surface area contributed by atoms with Gasteiger partial charge < -0.3 is 14.8 Å². The van der Waals surface area contributed by atoms with Crippen molar-refractivity contribution in [2.45, 2.75) is 26.3 Å². The zero-order valence-corrected chi connectivity index (χ0v) is 14.9. The van der Waals surface area contributed by atoms with Gasteiger partial charge in [-0.1, -0.05) is 38.1 Å². The average molecular weight is 340 g/mol. The van der Waals surface area contributed by atoms with Crippen molar-refractivity contribution in [2.24, 2.45) is 0 Å². The summed E-state index contributed by atoms with van der Waals surface area (Å²) >= 11 is 0. The maximum Gasteiger partial charge on any atom is 0.238 e. The Morgan fingerprint density at radius 2 is 1.84 bits per heavy atom. The third-order valence-corrected chi connectivity index (χ3v) is 4.17. The van der Waals surface area contributed by atoms with Crippen LogP contribution in [-0.2, 0) is 11.3 Å². The van der Waals surface area contributed by atoms with Crippen molar-refractivity contribution in [2.75, 3.05) is 25.7 Å². The standard InChI is InChI=1S/C20H24N2O3/c1-14(2)16-6-4-15(5-7-16)11-22(3)12-20(23)21-17-8-9-18-19(10-17)25-13-24-18/h4-10,14H,11-13H2,1-3H3,(H,21,23). The first-order valence-corrected chi connectivity index (χ1v) is 8.48. The second-order valence-corrected chi connectivity index (χ2v) is 6.68. The highest BCUT2D eigenvalue weighted by molar-refractivity contribution is 5.92. The lowest BCUT2D eigenvalue weighted by Gasteiger charge is -2.17. The van der Waals surface area contributed by atoms with Crippen molar-refractivity contribution in [3.8, 4) is 11.5 Å². The minimum atomic E-state index is -0.0554. The van der Waals surface area contributed by atoms with Gasteiger partial charge in [-0.3, -0.25) is 9.69 Å². The Morgan fingerprint density at radius 3 is 2.56 bits per heavy atom. The van der Waals surface area contributed by atoms with Gasteiger partial charge in [-0.05, 0) is 36.2 Å². The predicted octanol–water partition coefficient (Wildman–Crippen LogP) is 3.61. The molecule has 0 aromatic heterocycles. The number of amides is 1. The lowest BCUT2D eigenvalue weighted by Crippen LogP contribution is -2.29. The average Bonchev–Trinajstić information content (AvgIpc) is 3.02. The fourth-order valence-electron chi connectivity index (χ4n) is 2.80. The van der Waals surface area contributed by atoms with Crippen LogP contribution in [0.3, 0.4) is 0 Å². The number of nitrogens with zero attached hydrogens (tertiary/aromatic N) is 1. The van der Waals surface area contributed by atoms with E-state index in [-0.39, 0.29) is 12.7 Å². The van der Waals surface area contributed by atoms with Crippen LogP contribution in [0.4, 0.5) is 5.69 Å². The van der Waals surface area contributed by atoms with E-state index >= 15 is 0 Å². The number of carbonyl (C=O) groups is 1. The van der Waals surface area contributed by atoms with Crippen LogP contribution in [0.15, 0.2) is 42.5 Å². The van der Waals surface area contributed by atoms with Gasteiger partial charge in [0.15, 0.2) is 11.5 Å². The molecule has 1 aliphatic rings. The monoisotopic (exact) mass is 340 g/mol. The summed E-state index contributed by atoms with van der Waals surface area (Å²) in [6.45, 7) is 5.64. The second-order valence-electron chi connectivity index (χ2n) is 6.68. The first-order valence-electron chi connectivity index (χ1n) is 8.48. The largest absolute Gasteiger partial charge is 0.454 e. The number of anilines is 1. The number of hydrogen-bond donors (Lipinski definition) is 1. The number of hydrogen-bond acceptors (Lipinski definition) is 4. The van der Waals surface area contributed by atoms with Gasteiger partial charge in [-0.2, -0.15) is 0 Å². The maximum atomic E-state index is 12.2. The number of fused-ring (bicyclic) bond motifs is 1. The molecular formula is C20H24N2O3. The molecule has 1 aliphatic heterocycles. The maximum absolute atomic E-state index is 12.2. The van der Waals surface area contributed by atoms with Crippen molar-refractivity contribution in [3.63, 3.8) is 0 Å². The molecule has 0 atom stereocenters. The van der Waals surface area contributed by atoms with E-state index < -0.39 is 0 Å². The molecule has 2 aromatic rings. The van der Waals surface area contributed by atoms with Crippen LogP contribution in [0.5, 0.6) is 11.5 Å². The summed E-state index contributed by atoms with van der Waals surface area (Å²) in [7, 11) is 1.94. The van der Waals surface area contributed by atoms with Gasteiger partial charge in [0.1, 0.15) is 0 Å². The van der Waals surface area contributed by atoms with Gasteiger partial charge in [-0.25, -0.2) is 0 Å². The summed E-state index contributed by atoms with van der Waals surface area (Å²) in [6.07, 6.45) is 0. The minimum absolute atomic E-state index is 0.0554. The molecule has 3 rings (SSSR count). The van der Waals surface area contributed by atoms with Crippen LogP contribution in [-0.4, -0.2) is 31.2 Å². The Morgan fingerprint density at radius 1 is 1.12 bits per heavy atom. The van der Waals surface area contributed by atoms with Gasteiger partial charge in [0.05, 0.1) is 6.54 Å². The van der Waals surface area contributed by atoms with E-state index in [9.17, 15) is 4.79 Å². The molecule has 5 heteroatoms. The van der Waals surface area contributed by atoms with E-state index in [0.717, 1.165) is 6.54 Å². The van der Waals surface area contributed by atoms with E-state index in [4.69, 9.17) is 9.47 Å². The molecule has 2 aromatic carbocycles. The number of nitrogens with one attached hydrogen (secondary N) is 1. The van der Waals surface area contributed by atoms with E-state index in [2.05, 4.69) is 43.4 Å². The molecule has 0 bridgehead atoms. The van der Waals surface area contributed by atoms with Crippen molar-refractivity contribution < 1.29 is 14.3 Å². The smallest absolute Gasteiger partial charge is 0.238 e. The molecule has 0 saturated heterocycles. The van der Waals surface area contributed by atoms with E-state index in [1.165, 1.54) is 11.1 Å². The quantitative estimate of drug-likeness (QED) is 0.873. The van der Waals surface area contributed by atoms with Gasteiger partial charge in [0.25, 0.3) is 0 Å². The zero-order valence-electron chi connectivity index (χ0n) is 14.9.